The molecule has 6 nitrogen and oxygen atoms in total. The third-order valence-corrected chi connectivity index (χ3v) is 10.0. The summed E-state index contributed by atoms with van der Waals surface area (Å²) in [6, 6.07) is 0. The topological polar surface area (TPSA) is 120 Å². The van der Waals surface area contributed by atoms with Crippen LogP contribution in [0, 0.1) is 57.1 Å². The van der Waals surface area contributed by atoms with Gasteiger partial charge in [0, 0.05) is 34.2 Å². The van der Waals surface area contributed by atoms with Crippen LogP contribution in [0.5, 0.6) is 0 Å². The summed E-state index contributed by atoms with van der Waals surface area (Å²) in [7, 11) is 0. The molecule has 0 rings (SSSR count). The first-order valence-electron chi connectivity index (χ1n) is 19.0. The van der Waals surface area contributed by atoms with Crippen molar-refractivity contribution in [3.63, 3.8) is 0 Å². The first kappa shape index (κ1) is 52.6. The van der Waals surface area contributed by atoms with E-state index in [1.807, 2.05) is 41.5 Å². The first-order valence-corrected chi connectivity index (χ1v) is 19.0. The van der Waals surface area contributed by atoms with Crippen LogP contribution >= 0.6 is 0 Å². The second-order valence-electron chi connectivity index (χ2n) is 13.4. The second-order valence-corrected chi connectivity index (χ2v) is 13.4. The quantitative estimate of drug-likeness (QED) is 0.0769. The molecule has 0 aromatic rings. The van der Waals surface area contributed by atoms with E-state index in [2.05, 4.69) is 20.8 Å². The van der Waals surface area contributed by atoms with Crippen LogP contribution in [0.15, 0.2) is 0 Å². The maximum atomic E-state index is 11.2. The van der Waals surface area contributed by atoms with Crippen molar-refractivity contribution in [2.24, 2.45) is 16.2 Å². The standard InChI is InChI=1S/3C13H26O2.Nd/c3*1-4-7-8-9-11-13(6-3,10-5-2)12(14)15;/h3*4-11H2,1-3H3,(H,14,15);/q;;;+3/p-3. The second kappa shape index (κ2) is 33.3. The van der Waals surface area contributed by atoms with Crippen molar-refractivity contribution >= 4 is 17.9 Å². The molecule has 1 radical (unpaired) electrons. The molecule has 0 heterocycles. The van der Waals surface area contributed by atoms with Crippen molar-refractivity contribution in [3.05, 3.63) is 0 Å². The third kappa shape index (κ3) is 22.4. The number of carboxylic acid groups (broad SMARTS) is 3. The zero-order valence-corrected chi connectivity index (χ0v) is 35.1. The predicted octanol–water partition coefficient (Wildman–Crippen LogP) is 8.71. The first-order chi connectivity index (χ1) is 21.4. The number of hydrogen-bond acceptors (Lipinski definition) is 6. The molecule has 0 saturated heterocycles. The molecule has 0 amide bonds. The molecule has 0 aromatic heterocycles. The van der Waals surface area contributed by atoms with E-state index in [1.165, 1.54) is 38.5 Å². The van der Waals surface area contributed by atoms with Crippen LogP contribution in [0.25, 0.3) is 0 Å². The minimum absolute atomic E-state index is 0. The number of aliphatic carboxylic acids is 3. The minimum atomic E-state index is -0.844. The van der Waals surface area contributed by atoms with Crippen LogP contribution < -0.4 is 15.3 Å². The van der Waals surface area contributed by atoms with Crippen molar-refractivity contribution in [2.45, 2.75) is 216 Å². The largest absolute Gasteiger partial charge is 3.00 e. The van der Waals surface area contributed by atoms with Crippen molar-refractivity contribution in [1.82, 2.24) is 0 Å². The van der Waals surface area contributed by atoms with Gasteiger partial charge in [0.1, 0.15) is 0 Å². The number of rotatable bonds is 27. The van der Waals surface area contributed by atoms with Gasteiger partial charge >= 0.3 is 40.8 Å². The van der Waals surface area contributed by atoms with Gasteiger partial charge < -0.3 is 29.7 Å². The Labute approximate surface area is 319 Å². The Morgan fingerprint density at radius 2 is 0.565 bits per heavy atom. The van der Waals surface area contributed by atoms with E-state index in [1.54, 1.807) is 0 Å². The fourth-order valence-electron chi connectivity index (χ4n) is 6.59. The van der Waals surface area contributed by atoms with Crippen LogP contribution in [-0.4, -0.2) is 17.9 Å². The van der Waals surface area contributed by atoms with Crippen LogP contribution in [0.2, 0.25) is 0 Å². The van der Waals surface area contributed by atoms with Crippen LogP contribution in [0.1, 0.15) is 216 Å². The Morgan fingerprint density at radius 3 is 0.696 bits per heavy atom. The molecule has 0 fully saturated rings. The maximum absolute atomic E-state index is 11.2. The molecular formula is C39H75NdO6. The Bertz CT molecular complexity index is 634. The zero-order valence-electron chi connectivity index (χ0n) is 31.9. The summed E-state index contributed by atoms with van der Waals surface area (Å²) in [5, 5.41) is 33.6. The fourth-order valence-corrected chi connectivity index (χ4v) is 6.59. The molecule has 7 heteroatoms. The van der Waals surface area contributed by atoms with E-state index in [0.717, 1.165) is 96.3 Å². The average Bonchev–Trinajstić information content (AvgIpc) is 3.02. The number of carbonyl (C=O) groups excluding carboxylic acids is 3. The molecule has 271 valence electrons. The minimum Gasteiger partial charge on any atom is -0.550 e. The van der Waals surface area contributed by atoms with E-state index in [-0.39, 0.29) is 40.8 Å². The van der Waals surface area contributed by atoms with E-state index in [4.69, 9.17) is 0 Å². The molecule has 0 N–H and O–H groups in total. The normalized spacial score (nSPS) is 14.5. The summed E-state index contributed by atoms with van der Waals surface area (Å²) >= 11 is 0. The van der Waals surface area contributed by atoms with Crippen LogP contribution in [0.4, 0.5) is 0 Å². The van der Waals surface area contributed by atoms with Gasteiger partial charge in [0.05, 0.1) is 0 Å². The Balaban J connectivity index is -0.000000285. The van der Waals surface area contributed by atoms with Gasteiger partial charge in [0.25, 0.3) is 0 Å². The molecule has 0 bridgehead atoms. The smallest absolute Gasteiger partial charge is 0.550 e. The molecule has 0 saturated carbocycles. The van der Waals surface area contributed by atoms with E-state index >= 15 is 0 Å². The third-order valence-electron chi connectivity index (χ3n) is 10.0. The molecule has 46 heavy (non-hydrogen) atoms. The molecule has 3 unspecified atom stereocenters. The monoisotopic (exact) mass is 781 g/mol. The Hall–Kier alpha value is -0.239. The van der Waals surface area contributed by atoms with Crippen molar-refractivity contribution < 1.29 is 70.5 Å². The molecule has 0 aliphatic heterocycles. The number of hydrogen-bond donors (Lipinski definition) is 0. The van der Waals surface area contributed by atoms with Gasteiger partial charge in [-0.15, -0.1) is 0 Å². The van der Waals surface area contributed by atoms with E-state index < -0.39 is 34.2 Å². The molecule has 0 aromatic carbocycles. The number of carboxylic acids is 3. The SMILES string of the molecule is CCCCCCC(CC)(CCC)C(=O)[O-].CCCCCCC(CC)(CCC)C(=O)[O-].CCCCCCC(CC)(CCC)C(=O)[O-].[Nd+3]. The van der Waals surface area contributed by atoms with Crippen molar-refractivity contribution in [1.29, 1.82) is 0 Å². The van der Waals surface area contributed by atoms with E-state index in [0.29, 0.717) is 19.3 Å². The fraction of sp³-hybridized carbons (Fsp3) is 0.923. The summed E-state index contributed by atoms with van der Waals surface area (Å²) in [6.45, 7) is 18.5. The number of carbonyl (C=O) groups is 3. The molecular weight excluding hydrogens is 709 g/mol. The van der Waals surface area contributed by atoms with Crippen molar-refractivity contribution in [2.75, 3.05) is 0 Å². The molecule has 0 spiro atoms. The van der Waals surface area contributed by atoms with Crippen LogP contribution in [-0.2, 0) is 14.4 Å². The van der Waals surface area contributed by atoms with Gasteiger partial charge in [-0.2, -0.15) is 0 Å². The summed E-state index contributed by atoms with van der Waals surface area (Å²) in [4.78, 5) is 33.6. The van der Waals surface area contributed by atoms with Gasteiger partial charge in [0.15, 0.2) is 0 Å². The van der Waals surface area contributed by atoms with Gasteiger partial charge in [-0.25, -0.2) is 0 Å². The summed E-state index contributed by atoms with van der Waals surface area (Å²) in [6.07, 6.45) is 23.3. The van der Waals surface area contributed by atoms with Crippen LogP contribution in [0.3, 0.4) is 0 Å². The van der Waals surface area contributed by atoms with Gasteiger partial charge in [-0.3, -0.25) is 0 Å². The summed E-state index contributed by atoms with van der Waals surface area (Å²) in [5.74, 6) is -2.53. The van der Waals surface area contributed by atoms with Crippen molar-refractivity contribution in [3.8, 4) is 0 Å². The maximum Gasteiger partial charge on any atom is 3.00 e. The molecule has 3 atom stereocenters. The van der Waals surface area contributed by atoms with Gasteiger partial charge in [0.2, 0.25) is 0 Å². The molecule has 0 aliphatic carbocycles. The number of unbranched alkanes of at least 4 members (excludes halogenated alkanes) is 9. The average molecular weight is 784 g/mol. The Kier molecular flexibility index (Phi) is 38.0. The van der Waals surface area contributed by atoms with E-state index in [9.17, 15) is 29.7 Å². The van der Waals surface area contributed by atoms with Gasteiger partial charge in [-0.05, 0) is 57.8 Å². The summed E-state index contributed by atoms with van der Waals surface area (Å²) < 4.78 is 0. The summed E-state index contributed by atoms with van der Waals surface area (Å²) in [5.41, 5.74) is -1.66. The zero-order chi connectivity index (χ0) is 35.2. The van der Waals surface area contributed by atoms with Gasteiger partial charge in [-0.1, -0.05) is 159 Å². The predicted molar refractivity (Wildman–Crippen MR) is 184 cm³/mol. The Morgan fingerprint density at radius 1 is 0.348 bits per heavy atom. The molecule has 0 aliphatic rings.